The Morgan fingerprint density at radius 2 is 1.94 bits per heavy atom. The van der Waals surface area contributed by atoms with Crippen molar-refractivity contribution in [3.63, 3.8) is 0 Å². The highest BCUT2D eigenvalue weighted by molar-refractivity contribution is 9.13. The number of oxazole rings is 1. The third kappa shape index (κ3) is 2.33. The van der Waals surface area contributed by atoms with Gasteiger partial charge in [-0.05, 0) is 37.9 Å². The Morgan fingerprint density at radius 3 is 2.33 bits per heavy atom. The maximum Gasteiger partial charge on any atom is 0.374 e. The number of carboxylic acids is 2. The summed E-state index contributed by atoms with van der Waals surface area (Å²) >= 11 is 7.76. The number of hydrogen-bond donors (Lipinski definition) is 2. The molecule has 0 aliphatic rings. The van der Waals surface area contributed by atoms with Crippen LogP contribution in [-0.4, -0.2) is 27.1 Å². The minimum absolute atomic E-state index is 0.0406. The van der Waals surface area contributed by atoms with E-state index in [-0.39, 0.29) is 5.89 Å². The van der Waals surface area contributed by atoms with E-state index in [1.165, 1.54) is 11.3 Å². The van der Waals surface area contributed by atoms with Crippen LogP contribution in [0.5, 0.6) is 0 Å². The Labute approximate surface area is 121 Å². The molecule has 2 heterocycles. The summed E-state index contributed by atoms with van der Waals surface area (Å²) in [6.45, 7) is 0. The van der Waals surface area contributed by atoms with Crippen LogP contribution in [-0.2, 0) is 0 Å². The van der Waals surface area contributed by atoms with Gasteiger partial charge in [0.05, 0.1) is 8.66 Å². The first-order valence-corrected chi connectivity index (χ1v) is 6.73. The van der Waals surface area contributed by atoms with E-state index < -0.39 is 23.4 Å². The maximum absolute atomic E-state index is 10.8. The van der Waals surface area contributed by atoms with Crippen LogP contribution >= 0.6 is 43.2 Å². The normalized spacial score (nSPS) is 10.6. The van der Waals surface area contributed by atoms with Gasteiger partial charge < -0.3 is 14.6 Å². The van der Waals surface area contributed by atoms with Crippen LogP contribution in [0.15, 0.2) is 18.7 Å². The molecule has 94 valence electrons. The lowest BCUT2D eigenvalue weighted by molar-refractivity contribution is 0.0624. The van der Waals surface area contributed by atoms with Crippen LogP contribution in [0, 0.1) is 0 Å². The minimum atomic E-state index is -1.47. The van der Waals surface area contributed by atoms with E-state index in [4.69, 9.17) is 14.6 Å². The van der Waals surface area contributed by atoms with Crippen molar-refractivity contribution in [1.29, 1.82) is 0 Å². The second-order valence-corrected chi connectivity index (χ2v) is 6.26. The van der Waals surface area contributed by atoms with Crippen LogP contribution < -0.4 is 0 Å². The Bertz CT molecular complexity index is 596. The van der Waals surface area contributed by atoms with Crippen LogP contribution in [0.1, 0.15) is 21.0 Å². The third-order valence-electron chi connectivity index (χ3n) is 1.88. The van der Waals surface area contributed by atoms with Crippen molar-refractivity contribution in [2.45, 2.75) is 0 Å². The highest BCUT2D eigenvalue weighted by Gasteiger charge is 2.26. The second-order valence-electron chi connectivity index (χ2n) is 3.04. The van der Waals surface area contributed by atoms with Gasteiger partial charge in [0.1, 0.15) is 0 Å². The maximum atomic E-state index is 10.8. The van der Waals surface area contributed by atoms with Crippen molar-refractivity contribution in [2.24, 2.45) is 0 Å². The molecule has 0 spiro atoms. The van der Waals surface area contributed by atoms with Crippen LogP contribution in [0.2, 0.25) is 0 Å². The summed E-state index contributed by atoms with van der Waals surface area (Å²) in [6.07, 6.45) is 0. The third-order valence-corrected chi connectivity index (χ3v) is 5.12. The zero-order valence-electron chi connectivity index (χ0n) is 8.31. The SMILES string of the molecule is O=C(O)c1nc(-c2cc(Br)c(Br)s2)oc1C(=O)O. The van der Waals surface area contributed by atoms with E-state index in [0.29, 0.717) is 4.88 Å². The summed E-state index contributed by atoms with van der Waals surface area (Å²) in [5, 5.41) is 17.7. The van der Waals surface area contributed by atoms with E-state index in [1.807, 2.05) is 0 Å². The van der Waals surface area contributed by atoms with Crippen molar-refractivity contribution in [2.75, 3.05) is 0 Å². The van der Waals surface area contributed by atoms with E-state index in [2.05, 4.69) is 36.8 Å². The Balaban J connectivity index is 2.56. The zero-order valence-corrected chi connectivity index (χ0v) is 12.3. The van der Waals surface area contributed by atoms with E-state index in [9.17, 15) is 9.59 Å². The molecule has 0 saturated carbocycles. The highest BCUT2D eigenvalue weighted by Crippen LogP contribution is 2.38. The van der Waals surface area contributed by atoms with Gasteiger partial charge in [0.25, 0.3) is 0 Å². The van der Waals surface area contributed by atoms with Crippen molar-refractivity contribution in [3.05, 3.63) is 25.8 Å². The van der Waals surface area contributed by atoms with Crippen molar-refractivity contribution < 1.29 is 24.2 Å². The molecular weight excluding hydrogens is 394 g/mol. The predicted octanol–water partition coefficient (Wildman–Crippen LogP) is 3.32. The van der Waals surface area contributed by atoms with Gasteiger partial charge in [0, 0.05) is 4.47 Å². The number of nitrogens with zero attached hydrogens (tertiary/aromatic N) is 1. The molecule has 0 radical (unpaired) electrons. The lowest BCUT2D eigenvalue weighted by Crippen LogP contribution is -2.05. The van der Waals surface area contributed by atoms with Gasteiger partial charge in [0.15, 0.2) is 0 Å². The molecule has 0 saturated heterocycles. The highest BCUT2D eigenvalue weighted by atomic mass is 79.9. The topological polar surface area (TPSA) is 101 Å². The molecule has 0 unspecified atom stereocenters. The molecule has 2 rings (SSSR count). The molecular formula is C9H3Br2NO5S. The molecule has 2 N–H and O–H groups in total. The first-order chi connectivity index (χ1) is 8.40. The van der Waals surface area contributed by atoms with Crippen molar-refractivity contribution in [1.82, 2.24) is 4.98 Å². The number of carboxylic acid groups (broad SMARTS) is 2. The zero-order chi connectivity index (χ0) is 13.4. The number of halogens is 2. The van der Waals surface area contributed by atoms with Gasteiger partial charge in [-0.3, -0.25) is 0 Å². The van der Waals surface area contributed by atoms with Crippen LogP contribution in [0.4, 0.5) is 0 Å². The van der Waals surface area contributed by atoms with Gasteiger partial charge in [-0.1, -0.05) is 0 Å². The Hall–Kier alpha value is -1.19. The fourth-order valence-electron chi connectivity index (χ4n) is 1.17. The quantitative estimate of drug-likeness (QED) is 0.825. The number of aromatic nitrogens is 1. The van der Waals surface area contributed by atoms with Crippen molar-refractivity contribution in [3.8, 4) is 10.8 Å². The van der Waals surface area contributed by atoms with Gasteiger partial charge in [-0.15, -0.1) is 11.3 Å². The molecule has 0 bridgehead atoms. The van der Waals surface area contributed by atoms with E-state index >= 15 is 0 Å². The Morgan fingerprint density at radius 1 is 1.28 bits per heavy atom. The molecule has 2 aromatic rings. The number of carbonyl (C=O) groups is 2. The van der Waals surface area contributed by atoms with E-state index in [1.54, 1.807) is 6.07 Å². The molecule has 0 fully saturated rings. The molecule has 0 aliphatic carbocycles. The smallest absolute Gasteiger partial charge is 0.374 e. The van der Waals surface area contributed by atoms with Gasteiger partial charge >= 0.3 is 11.9 Å². The average Bonchev–Trinajstić information content (AvgIpc) is 2.83. The average molecular weight is 397 g/mol. The summed E-state index contributed by atoms with van der Waals surface area (Å²) in [5.41, 5.74) is -0.613. The lowest BCUT2D eigenvalue weighted by atomic mass is 10.3. The molecule has 9 heteroatoms. The standard InChI is InChI=1S/C9H3Br2NO5S/c10-2-1-3(18-6(2)11)7-12-4(8(13)14)5(17-7)9(15)16/h1H,(H,13,14)(H,15,16). The molecule has 0 aromatic carbocycles. The van der Waals surface area contributed by atoms with Gasteiger partial charge in [0.2, 0.25) is 17.3 Å². The number of thiophene rings is 1. The summed E-state index contributed by atoms with van der Waals surface area (Å²) in [4.78, 5) is 25.9. The first kappa shape index (κ1) is 13.2. The molecule has 6 nitrogen and oxygen atoms in total. The molecule has 18 heavy (non-hydrogen) atoms. The molecule has 2 aromatic heterocycles. The predicted molar refractivity (Wildman–Crippen MR) is 69.1 cm³/mol. The Kier molecular flexibility index (Phi) is 3.55. The summed E-state index contributed by atoms with van der Waals surface area (Å²) in [5.74, 6) is -3.64. The largest absolute Gasteiger partial charge is 0.476 e. The number of rotatable bonds is 3. The van der Waals surface area contributed by atoms with Crippen molar-refractivity contribution >= 4 is 55.1 Å². The fourth-order valence-corrected chi connectivity index (χ4v) is 3.13. The molecule has 0 aliphatic heterocycles. The lowest BCUT2D eigenvalue weighted by Gasteiger charge is -1.87. The van der Waals surface area contributed by atoms with E-state index in [0.717, 1.165) is 8.26 Å². The van der Waals surface area contributed by atoms with Gasteiger partial charge in [-0.25, -0.2) is 14.6 Å². The summed E-state index contributed by atoms with van der Waals surface area (Å²) < 4.78 is 6.48. The fraction of sp³-hybridized carbons (Fsp3) is 0. The van der Waals surface area contributed by atoms with Crippen LogP contribution in [0.25, 0.3) is 10.8 Å². The molecule has 0 atom stereocenters. The monoisotopic (exact) mass is 395 g/mol. The van der Waals surface area contributed by atoms with Gasteiger partial charge in [-0.2, -0.15) is 0 Å². The summed E-state index contributed by atoms with van der Waals surface area (Å²) in [7, 11) is 0. The second kappa shape index (κ2) is 4.82. The summed E-state index contributed by atoms with van der Waals surface area (Å²) in [6, 6.07) is 1.65. The first-order valence-electron chi connectivity index (χ1n) is 4.32. The minimum Gasteiger partial charge on any atom is -0.476 e. The number of aromatic carboxylic acids is 2. The van der Waals surface area contributed by atoms with Crippen LogP contribution in [0.3, 0.4) is 0 Å². The number of hydrogen-bond acceptors (Lipinski definition) is 5. The molecule has 0 amide bonds.